The first kappa shape index (κ1) is 20.6. The quantitative estimate of drug-likeness (QED) is 0.766. The minimum Gasteiger partial charge on any atom is -0.338 e. The van der Waals surface area contributed by atoms with E-state index in [1.165, 1.54) is 37.1 Å². The number of benzene rings is 2. The predicted molar refractivity (Wildman–Crippen MR) is 119 cm³/mol. The highest BCUT2D eigenvalue weighted by Gasteiger charge is 2.34. The monoisotopic (exact) mass is 405 g/mol. The minimum atomic E-state index is -0.294. The normalized spacial score (nSPS) is 19.4. The van der Waals surface area contributed by atoms with E-state index in [1.807, 2.05) is 31.2 Å². The van der Waals surface area contributed by atoms with Crippen LogP contribution in [0.15, 0.2) is 48.5 Å². The second kappa shape index (κ2) is 9.43. The SMILES string of the molecule is Cc1ccc(CN2CC(C(=O)Nc3ccc(CCN4CCCC4)cc3)CC2=O)cc1. The van der Waals surface area contributed by atoms with Crippen molar-refractivity contribution in [2.75, 3.05) is 31.5 Å². The van der Waals surface area contributed by atoms with Crippen molar-refractivity contribution in [3.63, 3.8) is 0 Å². The summed E-state index contributed by atoms with van der Waals surface area (Å²) in [6.45, 7) is 6.63. The maximum atomic E-state index is 12.7. The van der Waals surface area contributed by atoms with Crippen molar-refractivity contribution in [1.82, 2.24) is 9.80 Å². The Morgan fingerprint density at radius 1 is 1.00 bits per heavy atom. The van der Waals surface area contributed by atoms with Gasteiger partial charge in [-0.1, -0.05) is 42.0 Å². The van der Waals surface area contributed by atoms with Crippen LogP contribution in [0, 0.1) is 12.8 Å². The molecule has 2 saturated heterocycles. The minimum absolute atomic E-state index is 0.0491. The molecule has 2 aromatic carbocycles. The van der Waals surface area contributed by atoms with Gasteiger partial charge in [0.2, 0.25) is 11.8 Å². The summed E-state index contributed by atoms with van der Waals surface area (Å²) in [7, 11) is 0. The number of carbonyl (C=O) groups is 2. The Morgan fingerprint density at radius 3 is 2.37 bits per heavy atom. The molecule has 1 N–H and O–H groups in total. The van der Waals surface area contributed by atoms with Gasteiger partial charge < -0.3 is 15.1 Å². The molecule has 2 fully saturated rings. The maximum Gasteiger partial charge on any atom is 0.229 e. The summed E-state index contributed by atoms with van der Waals surface area (Å²) < 4.78 is 0. The van der Waals surface area contributed by atoms with Crippen LogP contribution in [0.3, 0.4) is 0 Å². The fraction of sp³-hybridized carbons (Fsp3) is 0.440. The zero-order valence-corrected chi connectivity index (χ0v) is 17.8. The van der Waals surface area contributed by atoms with Crippen molar-refractivity contribution in [3.8, 4) is 0 Å². The van der Waals surface area contributed by atoms with E-state index in [1.54, 1.807) is 4.90 Å². The van der Waals surface area contributed by atoms with E-state index in [9.17, 15) is 9.59 Å². The van der Waals surface area contributed by atoms with Crippen LogP contribution >= 0.6 is 0 Å². The van der Waals surface area contributed by atoms with E-state index in [0.29, 0.717) is 13.1 Å². The van der Waals surface area contributed by atoms with Crippen molar-refractivity contribution in [2.24, 2.45) is 5.92 Å². The summed E-state index contributed by atoms with van der Waals surface area (Å²) >= 11 is 0. The van der Waals surface area contributed by atoms with Crippen molar-refractivity contribution in [2.45, 2.75) is 39.2 Å². The molecule has 0 aliphatic carbocycles. The van der Waals surface area contributed by atoms with Gasteiger partial charge in [0, 0.05) is 31.7 Å². The average Bonchev–Trinajstić information content (AvgIpc) is 3.39. The van der Waals surface area contributed by atoms with Gasteiger partial charge in [-0.2, -0.15) is 0 Å². The van der Waals surface area contributed by atoms with Crippen LogP contribution < -0.4 is 5.32 Å². The molecular weight excluding hydrogens is 374 g/mol. The Bertz CT molecular complexity index is 870. The van der Waals surface area contributed by atoms with E-state index < -0.39 is 0 Å². The molecule has 0 aromatic heterocycles. The van der Waals surface area contributed by atoms with Gasteiger partial charge in [-0.3, -0.25) is 9.59 Å². The molecule has 0 radical (unpaired) electrons. The van der Waals surface area contributed by atoms with Gasteiger partial charge in [-0.05, 0) is 62.5 Å². The lowest BCUT2D eigenvalue weighted by Crippen LogP contribution is -2.28. The first-order valence-corrected chi connectivity index (χ1v) is 11.0. The van der Waals surface area contributed by atoms with E-state index in [2.05, 4.69) is 34.5 Å². The van der Waals surface area contributed by atoms with Gasteiger partial charge in [0.05, 0.1) is 5.92 Å². The number of anilines is 1. The third kappa shape index (κ3) is 5.28. The molecule has 30 heavy (non-hydrogen) atoms. The Labute approximate surface area is 179 Å². The number of nitrogens with zero attached hydrogens (tertiary/aromatic N) is 2. The molecule has 2 amide bonds. The molecule has 4 rings (SSSR count). The van der Waals surface area contributed by atoms with Gasteiger partial charge in [-0.25, -0.2) is 0 Å². The average molecular weight is 406 g/mol. The molecule has 5 heteroatoms. The highest BCUT2D eigenvalue weighted by molar-refractivity contribution is 5.97. The van der Waals surface area contributed by atoms with E-state index in [-0.39, 0.29) is 24.2 Å². The van der Waals surface area contributed by atoms with Crippen LogP contribution in [0.4, 0.5) is 5.69 Å². The summed E-state index contributed by atoms with van der Waals surface area (Å²) in [4.78, 5) is 29.4. The van der Waals surface area contributed by atoms with Crippen molar-refractivity contribution >= 4 is 17.5 Å². The number of carbonyl (C=O) groups excluding carboxylic acids is 2. The summed E-state index contributed by atoms with van der Waals surface area (Å²) in [5.74, 6) is -0.314. The Kier molecular flexibility index (Phi) is 6.48. The smallest absolute Gasteiger partial charge is 0.229 e. The number of likely N-dealkylation sites (tertiary alicyclic amines) is 2. The molecule has 5 nitrogen and oxygen atoms in total. The van der Waals surface area contributed by atoms with Crippen molar-refractivity contribution in [1.29, 1.82) is 0 Å². The fourth-order valence-corrected chi connectivity index (χ4v) is 4.31. The van der Waals surface area contributed by atoms with Gasteiger partial charge in [-0.15, -0.1) is 0 Å². The summed E-state index contributed by atoms with van der Waals surface area (Å²) in [5.41, 5.74) is 4.39. The highest BCUT2D eigenvalue weighted by atomic mass is 16.2. The number of hydrogen-bond donors (Lipinski definition) is 1. The van der Waals surface area contributed by atoms with Crippen LogP contribution in [0.1, 0.15) is 36.0 Å². The summed E-state index contributed by atoms with van der Waals surface area (Å²) in [6, 6.07) is 16.3. The molecule has 1 unspecified atom stereocenters. The molecule has 2 heterocycles. The summed E-state index contributed by atoms with van der Waals surface area (Å²) in [6.07, 6.45) is 3.96. The molecule has 2 aromatic rings. The van der Waals surface area contributed by atoms with Gasteiger partial charge in [0.15, 0.2) is 0 Å². The fourth-order valence-electron chi connectivity index (χ4n) is 4.31. The lowest BCUT2D eigenvalue weighted by molar-refractivity contribution is -0.128. The topological polar surface area (TPSA) is 52.7 Å². The van der Waals surface area contributed by atoms with Gasteiger partial charge >= 0.3 is 0 Å². The lowest BCUT2D eigenvalue weighted by Gasteiger charge is -2.17. The largest absolute Gasteiger partial charge is 0.338 e. The van der Waals surface area contributed by atoms with Crippen LogP contribution in [0.5, 0.6) is 0 Å². The molecule has 0 bridgehead atoms. The standard InChI is InChI=1S/C25H31N3O2/c1-19-4-6-21(7-5-19)17-28-18-22(16-24(28)29)25(30)26-23-10-8-20(9-11-23)12-15-27-13-2-3-14-27/h4-11,22H,2-3,12-18H2,1H3,(H,26,30). The third-order valence-corrected chi connectivity index (χ3v) is 6.22. The Morgan fingerprint density at radius 2 is 1.67 bits per heavy atom. The molecule has 2 aliphatic heterocycles. The number of nitrogens with one attached hydrogen (secondary N) is 1. The molecule has 1 atom stereocenters. The lowest BCUT2D eigenvalue weighted by atomic mass is 10.1. The van der Waals surface area contributed by atoms with Gasteiger partial charge in [0.1, 0.15) is 0 Å². The predicted octanol–water partition coefficient (Wildman–Crippen LogP) is 3.62. The molecule has 0 saturated carbocycles. The van der Waals surface area contributed by atoms with Crippen LogP contribution in [0.2, 0.25) is 0 Å². The zero-order chi connectivity index (χ0) is 20.9. The number of amides is 2. The van der Waals surface area contributed by atoms with Gasteiger partial charge in [0.25, 0.3) is 0 Å². The number of hydrogen-bond acceptors (Lipinski definition) is 3. The molecule has 2 aliphatic rings. The second-order valence-corrected chi connectivity index (χ2v) is 8.65. The van der Waals surface area contributed by atoms with E-state index in [4.69, 9.17) is 0 Å². The molecule has 0 spiro atoms. The Balaban J connectivity index is 1.27. The first-order valence-electron chi connectivity index (χ1n) is 11.0. The van der Waals surface area contributed by atoms with Crippen molar-refractivity contribution in [3.05, 3.63) is 65.2 Å². The van der Waals surface area contributed by atoms with Crippen LogP contribution in [0.25, 0.3) is 0 Å². The Hall–Kier alpha value is -2.66. The second-order valence-electron chi connectivity index (χ2n) is 8.65. The van der Waals surface area contributed by atoms with E-state index in [0.717, 1.165) is 24.2 Å². The molecule has 158 valence electrons. The summed E-state index contributed by atoms with van der Waals surface area (Å²) in [5, 5.41) is 2.99. The molecular formula is C25H31N3O2. The zero-order valence-electron chi connectivity index (χ0n) is 17.8. The maximum absolute atomic E-state index is 12.7. The number of rotatable bonds is 7. The number of aryl methyl sites for hydroxylation is 1. The van der Waals surface area contributed by atoms with Crippen molar-refractivity contribution < 1.29 is 9.59 Å². The van der Waals surface area contributed by atoms with Crippen LogP contribution in [-0.4, -0.2) is 47.8 Å². The highest BCUT2D eigenvalue weighted by Crippen LogP contribution is 2.22. The third-order valence-electron chi connectivity index (χ3n) is 6.22. The first-order chi connectivity index (χ1) is 14.6. The van der Waals surface area contributed by atoms with Crippen LogP contribution in [-0.2, 0) is 22.6 Å². The van der Waals surface area contributed by atoms with E-state index >= 15 is 0 Å².